The molecule has 0 saturated carbocycles. The zero-order chi connectivity index (χ0) is 6.69. The predicted molar refractivity (Wildman–Crippen MR) is 34.5 cm³/mol. The molecule has 1 aliphatic rings. The Morgan fingerprint density at radius 1 is 1.44 bits per heavy atom. The number of piperidine rings is 1. The first-order chi connectivity index (χ1) is 4.33. The Morgan fingerprint density at radius 3 is 2.44 bits per heavy atom. The quantitative estimate of drug-likeness (QED) is 0.252. The van der Waals surface area contributed by atoms with Crippen molar-refractivity contribution < 1.29 is 10.1 Å². The van der Waals surface area contributed by atoms with E-state index < -0.39 is 0 Å². The Morgan fingerprint density at radius 2 is 2.00 bits per heavy atom. The SMILES string of the molecule is [CH2-][NH+]1CCC(=NO)CC1. The van der Waals surface area contributed by atoms with Crippen LogP contribution in [0.2, 0.25) is 0 Å². The first-order valence-electron chi connectivity index (χ1n) is 3.19. The smallest absolute Gasteiger partial charge is 0.0681 e. The highest BCUT2D eigenvalue weighted by Crippen LogP contribution is 1.92. The molecule has 52 valence electrons. The number of nitrogens with zero attached hydrogens (tertiary/aromatic N) is 1. The Hall–Kier alpha value is -0.570. The third kappa shape index (κ3) is 1.68. The van der Waals surface area contributed by atoms with Crippen molar-refractivity contribution in [2.24, 2.45) is 5.16 Å². The van der Waals surface area contributed by atoms with E-state index in [0.717, 1.165) is 31.6 Å². The van der Waals surface area contributed by atoms with Crippen LogP contribution in [-0.4, -0.2) is 24.0 Å². The van der Waals surface area contributed by atoms with Crippen molar-refractivity contribution >= 4 is 5.71 Å². The second-order valence-electron chi connectivity index (χ2n) is 2.42. The summed E-state index contributed by atoms with van der Waals surface area (Å²) in [6.07, 6.45) is 1.80. The topological polar surface area (TPSA) is 37.0 Å². The van der Waals surface area contributed by atoms with Gasteiger partial charge in [0.05, 0.1) is 18.8 Å². The third-order valence-corrected chi connectivity index (χ3v) is 1.68. The van der Waals surface area contributed by atoms with E-state index in [2.05, 4.69) is 12.2 Å². The fourth-order valence-electron chi connectivity index (χ4n) is 0.992. The van der Waals surface area contributed by atoms with Crippen LogP contribution in [0.1, 0.15) is 12.8 Å². The summed E-state index contributed by atoms with van der Waals surface area (Å²) in [6.45, 7) is 2.00. The molecule has 0 bridgehead atoms. The van der Waals surface area contributed by atoms with Crippen LogP contribution >= 0.6 is 0 Å². The lowest BCUT2D eigenvalue weighted by Crippen LogP contribution is -3.08. The van der Waals surface area contributed by atoms with Crippen molar-refractivity contribution in [3.63, 3.8) is 0 Å². The third-order valence-electron chi connectivity index (χ3n) is 1.68. The number of hydrogen-bond acceptors (Lipinski definition) is 2. The van der Waals surface area contributed by atoms with Gasteiger partial charge in [-0.2, -0.15) is 7.05 Å². The van der Waals surface area contributed by atoms with E-state index in [1.54, 1.807) is 0 Å². The number of rotatable bonds is 0. The number of quaternary nitrogens is 1. The predicted octanol–water partition coefficient (Wildman–Crippen LogP) is -0.713. The number of oxime groups is 1. The van der Waals surface area contributed by atoms with Crippen LogP contribution in [0.3, 0.4) is 0 Å². The first kappa shape index (κ1) is 6.55. The van der Waals surface area contributed by atoms with E-state index in [1.165, 1.54) is 4.90 Å². The van der Waals surface area contributed by atoms with Gasteiger partial charge in [0.25, 0.3) is 0 Å². The standard InChI is InChI=1S/C6H12N2O/c1-8-4-2-6(7-9)3-5-8/h8-9H,1-5H2. The monoisotopic (exact) mass is 128 g/mol. The molecule has 0 aromatic carbocycles. The maximum atomic E-state index is 8.34. The van der Waals surface area contributed by atoms with Crippen LogP contribution in [-0.2, 0) is 0 Å². The van der Waals surface area contributed by atoms with Crippen LogP contribution in [0.5, 0.6) is 0 Å². The van der Waals surface area contributed by atoms with Gasteiger partial charge in [-0.15, -0.1) is 0 Å². The Balaban J connectivity index is 2.35. The van der Waals surface area contributed by atoms with E-state index in [9.17, 15) is 0 Å². The first-order valence-corrected chi connectivity index (χ1v) is 3.19. The minimum Gasteiger partial charge on any atom is -0.467 e. The number of nitrogens with one attached hydrogen (secondary N) is 1. The van der Waals surface area contributed by atoms with Gasteiger partial charge >= 0.3 is 0 Å². The van der Waals surface area contributed by atoms with Gasteiger partial charge in [-0.1, -0.05) is 5.16 Å². The Kier molecular flexibility index (Phi) is 2.05. The van der Waals surface area contributed by atoms with Crippen LogP contribution in [0.4, 0.5) is 0 Å². The molecule has 0 aromatic heterocycles. The highest BCUT2D eigenvalue weighted by atomic mass is 16.4. The molecule has 0 unspecified atom stereocenters. The number of likely N-dealkylation sites (tertiary alicyclic amines) is 1. The largest absolute Gasteiger partial charge is 0.467 e. The summed E-state index contributed by atoms with van der Waals surface area (Å²) >= 11 is 0. The molecule has 3 heteroatoms. The summed E-state index contributed by atoms with van der Waals surface area (Å²) in [5, 5.41) is 11.5. The molecule has 0 spiro atoms. The molecule has 0 aliphatic carbocycles. The summed E-state index contributed by atoms with van der Waals surface area (Å²) in [5.41, 5.74) is 0.919. The zero-order valence-electron chi connectivity index (χ0n) is 5.43. The van der Waals surface area contributed by atoms with Gasteiger partial charge in [0.1, 0.15) is 0 Å². The van der Waals surface area contributed by atoms with Crippen LogP contribution in [0.25, 0.3) is 0 Å². The van der Waals surface area contributed by atoms with E-state index >= 15 is 0 Å². The van der Waals surface area contributed by atoms with Crippen molar-refractivity contribution in [1.29, 1.82) is 0 Å². The fraction of sp³-hybridized carbons (Fsp3) is 0.667. The molecule has 2 N–H and O–H groups in total. The lowest BCUT2D eigenvalue weighted by molar-refractivity contribution is -0.854. The molecule has 1 rings (SSSR count). The summed E-state index contributed by atoms with van der Waals surface area (Å²) < 4.78 is 0. The molecule has 0 amide bonds. The number of hydrogen-bond donors (Lipinski definition) is 2. The van der Waals surface area contributed by atoms with Gasteiger partial charge in [0.15, 0.2) is 0 Å². The van der Waals surface area contributed by atoms with Gasteiger partial charge < -0.3 is 10.1 Å². The highest BCUT2D eigenvalue weighted by Gasteiger charge is 2.10. The molecule has 1 aliphatic heterocycles. The molecular formula is C6H12N2O. The van der Waals surface area contributed by atoms with Gasteiger partial charge in [-0.25, -0.2) is 0 Å². The van der Waals surface area contributed by atoms with Gasteiger partial charge in [-0.3, -0.25) is 0 Å². The van der Waals surface area contributed by atoms with Crippen molar-refractivity contribution in [2.45, 2.75) is 12.8 Å². The maximum absolute atomic E-state index is 8.34. The molecule has 1 heterocycles. The molecule has 1 fully saturated rings. The van der Waals surface area contributed by atoms with Crippen molar-refractivity contribution in [3.8, 4) is 0 Å². The van der Waals surface area contributed by atoms with Crippen LogP contribution in [0.15, 0.2) is 5.16 Å². The fourth-order valence-corrected chi connectivity index (χ4v) is 0.992. The van der Waals surface area contributed by atoms with E-state index in [0.29, 0.717) is 0 Å². The van der Waals surface area contributed by atoms with Crippen molar-refractivity contribution in [1.82, 2.24) is 0 Å². The highest BCUT2D eigenvalue weighted by molar-refractivity contribution is 5.84. The average molecular weight is 128 g/mol. The Bertz CT molecular complexity index is 112. The molecule has 9 heavy (non-hydrogen) atoms. The summed E-state index contributed by atoms with van der Waals surface area (Å²) in [6, 6.07) is 0. The average Bonchev–Trinajstić information content (AvgIpc) is 1.90. The summed E-state index contributed by atoms with van der Waals surface area (Å²) in [4.78, 5) is 1.28. The van der Waals surface area contributed by atoms with Crippen LogP contribution < -0.4 is 4.90 Å². The normalized spacial score (nSPS) is 28.1. The van der Waals surface area contributed by atoms with E-state index in [-0.39, 0.29) is 0 Å². The van der Waals surface area contributed by atoms with Crippen molar-refractivity contribution in [2.75, 3.05) is 13.1 Å². The molecule has 0 radical (unpaired) electrons. The molecule has 1 saturated heterocycles. The molecular weight excluding hydrogens is 116 g/mol. The van der Waals surface area contributed by atoms with E-state index in [4.69, 9.17) is 5.21 Å². The molecule has 3 nitrogen and oxygen atoms in total. The zero-order valence-corrected chi connectivity index (χ0v) is 5.43. The second-order valence-corrected chi connectivity index (χ2v) is 2.42. The van der Waals surface area contributed by atoms with Gasteiger partial charge in [0.2, 0.25) is 0 Å². The summed E-state index contributed by atoms with van der Waals surface area (Å²) in [5.74, 6) is 0. The van der Waals surface area contributed by atoms with Crippen molar-refractivity contribution in [3.05, 3.63) is 7.05 Å². The van der Waals surface area contributed by atoms with Gasteiger partial charge in [-0.05, 0) is 0 Å². The van der Waals surface area contributed by atoms with Gasteiger partial charge in [0, 0.05) is 12.8 Å². The summed E-state index contributed by atoms with van der Waals surface area (Å²) in [7, 11) is 3.85. The molecule has 0 aromatic rings. The lowest BCUT2D eigenvalue weighted by Gasteiger charge is -2.25. The maximum Gasteiger partial charge on any atom is 0.0681 e. The minimum atomic E-state index is 0.898. The lowest BCUT2D eigenvalue weighted by atomic mass is 10.1. The minimum absolute atomic E-state index is 0.898. The van der Waals surface area contributed by atoms with Crippen LogP contribution in [0, 0.1) is 7.05 Å². The second kappa shape index (κ2) is 2.82. The molecule has 0 atom stereocenters. The van der Waals surface area contributed by atoms with E-state index in [1.807, 2.05) is 0 Å². The Labute approximate surface area is 55.0 Å².